The van der Waals surface area contributed by atoms with E-state index < -0.39 is 0 Å². The first-order chi connectivity index (χ1) is 7.83. The highest BCUT2D eigenvalue weighted by Crippen LogP contribution is 2.25. The van der Waals surface area contributed by atoms with Crippen LogP contribution in [0.2, 0.25) is 0 Å². The standard InChI is InChI=1S/C11H18ClN3S/c1-2-4-10-13-11(16-14-10)15-6-3-5-9(7-12)8-15/h9H,2-8H2,1H3. The summed E-state index contributed by atoms with van der Waals surface area (Å²) in [5.74, 6) is 2.38. The molecule has 90 valence electrons. The van der Waals surface area contributed by atoms with Crippen molar-refractivity contribution >= 4 is 28.3 Å². The highest BCUT2D eigenvalue weighted by atomic mass is 35.5. The third-order valence-corrected chi connectivity index (χ3v) is 4.19. The molecule has 0 saturated carbocycles. The number of hydrogen-bond acceptors (Lipinski definition) is 4. The first-order valence-corrected chi connectivity index (χ1v) is 7.27. The Hall–Kier alpha value is -0.350. The van der Waals surface area contributed by atoms with Crippen LogP contribution in [0.25, 0.3) is 0 Å². The van der Waals surface area contributed by atoms with Crippen LogP contribution in [0, 0.1) is 5.92 Å². The third-order valence-electron chi connectivity index (χ3n) is 2.94. The molecule has 1 aliphatic heterocycles. The van der Waals surface area contributed by atoms with Crippen LogP contribution in [0.4, 0.5) is 5.13 Å². The van der Waals surface area contributed by atoms with Gasteiger partial charge in [0, 0.05) is 36.9 Å². The van der Waals surface area contributed by atoms with Crippen LogP contribution in [0.5, 0.6) is 0 Å². The fourth-order valence-electron chi connectivity index (χ4n) is 2.06. The summed E-state index contributed by atoms with van der Waals surface area (Å²) in [5.41, 5.74) is 0. The van der Waals surface area contributed by atoms with Crippen molar-refractivity contribution in [3.05, 3.63) is 5.82 Å². The van der Waals surface area contributed by atoms with E-state index in [1.807, 2.05) is 0 Å². The molecule has 2 heterocycles. The van der Waals surface area contributed by atoms with Crippen LogP contribution >= 0.6 is 23.1 Å². The maximum atomic E-state index is 5.93. The van der Waals surface area contributed by atoms with Gasteiger partial charge in [-0.25, -0.2) is 4.98 Å². The van der Waals surface area contributed by atoms with Crippen LogP contribution in [-0.4, -0.2) is 28.3 Å². The predicted molar refractivity (Wildman–Crippen MR) is 69.6 cm³/mol. The molecule has 1 aliphatic rings. The van der Waals surface area contributed by atoms with E-state index in [2.05, 4.69) is 21.2 Å². The summed E-state index contributed by atoms with van der Waals surface area (Å²) in [6, 6.07) is 0. The second kappa shape index (κ2) is 5.82. The van der Waals surface area contributed by atoms with Gasteiger partial charge in [-0.1, -0.05) is 6.92 Å². The number of aryl methyl sites for hydroxylation is 1. The van der Waals surface area contributed by atoms with Crippen LogP contribution in [-0.2, 0) is 6.42 Å². The molecule has 0 aliphatic carbocycles. The van der Waals surface area contributed by atoms with Gasteiger partial charge in [0.05, 0.1) is 0 Å². The normalized spacial score (nSPS) is 21.4. The zero-order chi connectivity index (χ0) is 11.4. The topological polar surface area (TPSA) is 29.0 Å². The van der Waals surface area contributed by atoms with E-state index in [-0.39, 0.29) is 0 Å². The number of aromatic nitrogens is 2. The number of anilines is 1. The molecule has 3 nitrogen and oxygen atoms in total. The van der Waals surface area contributed by atoms with Crippen molar-refractivity contribution in [2.75, 3.05) is 23.9 Å². The van der Waals surface area contributed by atoms with Gasteiger partial charge in [0.2, 0.25) is 5.13 Å². The molecule has 1 unspecified atom stereocenters. The van der Waals surface area contributed by atoms with Crippen molar-refractivity contribution in [3.8, 4) is 0 Å². The molecular formula is C11H18ClN3S. The van der Waals surface area contributed by atoms with E-state index in [1.165, 1.54) is 24.4 Å². The minimum Gasteiger partial charge on any atom is -0.347 e. The number of nitrogens with zero attached hydrogens (tertiary/aromatic N) is 3. The number of alkyl halides is 1. The quantitative estimate of drug-likeness (QED) is 0.779. The Morgan fingerprint density at radius 1 is 1.56 bits per heavy atom. The summed E-state index contributed by atoms with van der Waals surface area (Å²) in [4.78, 5) is 6.92. The first-order valence-electron chi connectivity index (χ1n) is 5.97. The average Bonchev–Trinajstić information content (AvgIpc) is 2.78. The molecule has 1 saturated heterocycles. The molecule has 0 spiro atoms. The van der Waals surface area contributed by atoms with Crippen LogP contribution in [0.1, 0.15) is 32.0 Å². The summed E-state index contributed by atoms with van der Waals surface area (Å²) in [6.45, 7) is 4.31. The smallest absolute Gasteiger partial charge is 0.205 e. The number of hydrogen-bond donors (Lipinski definition) is 0. The van der Waals surface area contributed by atoms with Gasteiger partial charge in [-0.3, -0.25) is 0 Å². The molecular weight excluding hydrogens is 242 g/mol. The van der Waals surface area contributed by atoms with E-state index in [4.69, 9.17) is 11.6 Å². The van der Waals surface area contributed by atoms with Gasteiger partial charge < -0.3 is 4.90 Å². The van der Waals surface area contributed by atoms with Gasteiger partial charge >= 0.3 is 0 Å². The lowest BCUT2D eigenvalue weighted by Gasteiger charge is -2.31. The van der Waals surface area contributed by atoms with Crippen molar-refractivity contribution in [2.45, 2.75) is 32.6 Å². The largest absolute Gasteiger partial charge is 0.347 e. The van der Waals surface area contributed by atoms with Gasteiger partial charge in [0.25, 0.3) is 0 Å². The lowest BCUT2D eigenvalue weighted by atomic mass is 10.0. The van der Waals surface area contributed by atoms with Crippen molar-refractivity contribution in [3.63, 3.8) is 0 Å². The van der Waals surface area contributed by atoms with Gasteiger partial charge in [0.1, 0.15) is 5.82 Å². The monoisotopic (exact) mass is 259 g/mol. The Morgan fingerprint density at radius 3 is 3.19 bits per heavy atom. The molecule has 0 radical (unpaired) electrons. The molecule has 0 bridgehead atoms. The molecule has 16 heavy (non-hydrogen) atoms. The Morgan fingerprint density at radius 2 is 2.44 bits per heavy atom. The van der Waals surface area contributed by atoms with Gasteiger partial charge in [-0.15, -0.1) is 11.6 Å². The van der Waals surface area contributed by atoms with E-state index in [9.17, 15) is 0 Å². The molecule has 0 aromatic carbocycles. The Balaban J connectivity index is 1.99. The second-order valence-electron chi connectivity index (χ2n) is 4.35. The first kappa shape index (κ1) is 12.1. The van der Waals surface area contributed by atoms with E-state index in [1.54, 1.807) is 0 Å². The Bertz CT molecular complexity index is 329. The van der Waals surface area contributed by atoms with Crippen molar-refractivity contribution in [1.82, 2.24) is 9.36 Å². The number of rotatable bonds is 4. The summed E-state index contributed by atoms with van der Waals surface area (Å²) in [6.07, 6.45) is 4.57. The molecule has 0 N–H and O–H groups in total. The van der Waals surface area contributed by atoms with Crippen LogP contribution < -0.4 is 4.90 Å². The van der Waals surface area contributed by atoms with Gasteiger partial charge in [-0.2, -0.15) is 4.37 Å². The molecule has 1 atom stereocenters. The summed E-state index contributed by atoms with van der Waals surface area (Å²) in [5, 5.41) is 1.08. The molecule has 0 amide bonds. The van der Waals surface area contributed by atoms with Crippen LogP contribution in [0.15, 0.2) is 0 Å². The molecule has 1 aromatic rings. The maximum absolute atomic E-state index is 5.93. The molecule has 1 fully saturated rings. The fourth-order valence-corrected chi connectivity index (χ4v) is 3.06. The summed E-state index contributed by atoms with van der Waals surface area (Å²) >= 11 is 7.46. The third kappa shape index (κ3) is 2.86. The highest BCUT2D eigenvalue weighted by molar-refractivity contribution is 7.09. The minimum atomic E-state index is 0.619. The maximum Gasteiger partial charge on any atom is 0.205 e. The lowest BCUT2D eigenvalue weighted by Crippen LogP contribution is -2.36. The van der Waals surface area contributed by atoms with Gasteiger partial charge in [-0.05, 0) is 25.2 Å². The second-order valence-corrected chi connectivity index (χ2v) is 5.39. The Labute approximate surface area is 106 Å². The molecule has 2 rings (SSSR count). The molecule has 1 aromatic heterocycles. The lowest BCUT2D eigenvalue weighted by molar-refractivity contribution is 0.450. The van der Waals surface area contributed by atoms with Crippen molar-refractivity contribution < 1.29 is 0 Å². The van der Waals surface area contributed by atoms with Crippen LogP contribution in [0.3, 0.4) is 0 Å². The summed E-state index contributed by atoms with van der Waals surface area (Å²) < 4.78 is 4.39. The molecule has 5 heteroatoms. The number of piperidine rings is 1. The van der Waals surface area contributed by atoms with Crippen molar-refractivity contribution in [2.24, 2.45) is 5.92 Å². The number of halogens is 1. The van der Waals surface area contributed by atoms with Gasteiger partial charge in [0.15, 0.2) is 0 Å². The van der Waals surface area contributed by atoms with E-state index in [0.717, 1.165) is 42.8 Å². The zero-order valence-electron chi connectivity index (χ0n) is 9.65. The SMILES string of the molecule is CCCc1nsc(N2CCCC(CCl)C2)n1. The van der Waals surface area contributed by atoms with Crippen molar-refractivity contribution in [1.29, 1.82) is 0 Å². The minimum absolute atomic E-state index is 0.619. The Kier molecular flexibility index (Phi) is 4.41. The van der Waals surface area contributed by atoms with E-state index in [0.29, 0.717) is 5.92 Å². The predicted octanol–water partition coefficient (Wildman–Crippen LogP) is 2.95. The average molecular weight is 260 g/mol. The summed E-state index contributed by atoms with van der Waals surface area (Å²) in [7, 11) is 0. The highest BCUT2D eigenvalue weighted by Gasteiger charge is 2.21. The zero-order valence-corrected chi connectivity index (χ0v) is 11.2. The fraction of sp³-hybridized carbons (Fsp3) is 0.818. The van der Waals surface area contributed by atoms with E-state index >= 15 is 0 Å².